The van der Waals surface area contributed by atoms with E-state index in [-0.39, 0.29) is 6.10 Å². The average molecular weight is 218 g/mol. The van der Waals surface area contributed by atoms with Gasteiger partial charge in [-0.15, -0.1) is 0 Å². The van der Waals surface area contributed by atoms with Gasteiger partial charge >= 0.3 is 0 Å². The van der Waals surface area contributed by atoms with Crippen LogP contribution in [0.4, 0.5) is 0 Å². The van der Waals surface area contributed by atoms with Crippen molar-refractivity contribution in [1.29, 1.82) is 0 Å². The number of quaternary nitrogens is 1. The van der Waals surface area contributed by atoms with Gasteiger partial charge in [-0.05, 0) is 0 Å². The molecule has 3 fully saturated rings. The third kappa shape index (κ3) is 1.76. The van der Waals surface area contributed by atoms with Crippen LogP contribution in [0.2, 0.25) is 0 Å². The Morgan fingerprint density at radius 3 is 2.44 bits per heavy atom. The molecule has 0 amide bonds. The van der Waals surface area contributed by atoms with E-state index in [1.165, 1.54) is 31.5 Å². The summed E-state index contributed by atoms with van der Waals surface area (Å²) >= 11 is 0. The summed E-state index contributed by atoms with van der Waals surface area (Å²) in [5.74, 6) is 0.593. The molecule has 16 heavy (non-hydrogen) atoms. The van der Waals surface area contributed by atoms with Crippen LogP contribution in [0.15, 0.2) is 30.3 Å². The first-order valence-corrected chi connectivity index (χ1v) is 6.35. The maximum absolute atomic E-state index is 10.0. The molecule has 1 aromatic rings. The average Bonchev–Trinajstić information content (AvgIpc) is 2.31. The molecule has 0 saturated carbocycles. The molecule has 3 heterocycles. The Balaban J connectivity index is 1.78. The van der Waals surface area contributed by atoms with Gasteiger partial charge < -0.3 is 9.59 Å². The van der Waals surface area contributed by atoms with Gasteiger partial charge in [0.25, 0.3) is 0 Å². The molecule has 3 aliphatic heterocycles. The minimum Gasteiger partial charge on any atom is -0.387 e. The number of fused-ring (bicyclic) bond motifs is 3. The van der Waals surface area contributed by atoms with Crippen molar-refractivity contribution in [3.05, 3.63) is 35.9 Å². The number of aliphatic hydroxyl groups is 1. The molecule has 1 aromatic carbocycles. The van der Waals surface area contributed by atoms with E-state index in [2.05, 4.69) is 30.3 Å². The molecule has 0 aliphatic carbocycles. The summed E-state index contributed by atoms with van der Waals surface area (Å²) in [4.78, 5) is 0. The molecule has 3 saturated heterocycles. The van der Waals surface area contributed by atoms with Crippen molar-refractivity contribution < 1.29 is 9.59 Å². The van der Waals surface area contributed by atoms with Crippen molar-refractivity contribution in [3.8, 4) is 0 Å². The maximum atomic E-state index is 10.0. The van der Waals surface area contributed by atoms with Gasteiger partial charge in [0.2, 0.25) is 0 Å². The third-order valence-corrected chi connectivity index (χ3v) is 4.43. The Labute approximate surface area is 97.1 Å². The minimum atomic E-state index is -0.0498. The second kappa shape index (κ2) is 3.86. The maximum Gasteiger partial charge on any atom is 0.106 e. The summed E-state index contributed by atoms with van der Waals surface area (Å²) < 4.78 is 1.11. The van der Waals surface area contributed by atoms with Gasteiger partial charge in [-0.1, -0.05) is 30.3 Å². The molecule has 1 N–H and O–H groups in total. The molecule has 4 rings (SSSR count). The number of aliphatic hydroxyl groups excluding tert-OH is 1. The van der Waals surface area contributed by atoms with Gasteiger partial charge in [-0.3, -0.25) is 0 Å². The monoisotopic (exact) mass is 218 g/mol. The first-order chi connectivity index (χ1) is 7.77. The highest BCUT2D eigenvalue weighted by molar-refractivity contribution is 5.13. The zero-order chi connectivity index (χ0) is 11.0. The molecule has 0 aromatic heterocycles. The summed E-state index contributed by atoms with van der Waals surface area (Å²) in [7, 11) is 0. The van der Waals surface area contributed by atoms with Crippen molar-refractivity contribution in [2.24, 2.45) is 5.92 Å². The van der Waals surface area contributed by atoms with E-state index in [1.807, 2.05) is 0 Å². The van der Waals surface area contributed by atoms with Crippen LogP contribution in [-0.4, -0.2) is 35.3 Å². The Bertz CT molecular complexity index is 354. The van der Waals surface area contributed by atoms with E-state index in [0.29, 0.717) is 5.92 Å². The van der Waals surface area contributed by atoms with Crippen LogP contribution in [0.5, 0.6) is 0 Å². The van der Waals surface area contributed by atoms with Gasteiger partial charge in [0.1, 0.15) is 19.2 Å². The summed E-state index contributed by atoms with van der Waals surface area (Å²) in [5, 5.41) is 10.0. The number of rotatable bonds is 2. The van der Waals surface area contributed by atoms with Crippen molar-refractivity contribution in [2.75, 3.05) is 19.6 Å². The van der Waals surface area contributed by atoms with Gasteiger partial charge in [0.05, 0.1) is 13.1 Å². The van der Waals surface area contributed by atoms with E-state index >= 15 is 0 Å². The Morgan fingerprint density at radius 2 is 1.81 bits per heavy atom. The zero-order valence-electron chi connectivity index (χ0n) is 9.68. The summed E-state index contributed by atoms with van der Waals surface area (Å²) in [6, 6.07) is 10.7. The number of hydrogen-bond acceptors (Lipinski definition) is 1. The Kier molecular flexibility index (Phi) is 2.49. The van der Waals surface area contributed by atoms with E-state index in [1.54, 1.807) is 0 Å². The SMILES string of the molecule is O[C@H]1C[N+]2(Cc3ccccc3)CCC1CC2. The molecule has 2 nitrogen and oxygen atoms in total. The topological polar surface area (TPSA) is 20.2 Å². The smallest absolute Gasteiger partial charge is 0.106 e. The summed E-state index contributed by atoms with van der Waals surface area (Å²) in [6.45, 7) is 4.59. The molecule has 2 bridgehead atoms. The lowest BCUT2D eigenvalue weighted by Crippen LogP contribution is -2.62. The van der Waals surface area contributed by atoms with Crippen molar-refractivity contribution in [3.63, 3.8) is 0 Å². The van der Waals surface area contributed by atoms with Crippen LogP contribution in [0.3, 0.4) is 0 Å². The Hall–Kier alpha value is -0.860. The largest absolute Gasteiger partial charge is 0.387 e. The highest BCUT2D eigenvalue weighted by Crippen LogP contribution is 2.35. The van der Waals surface area contributed by atoms with Gasteiger partial charge in [0.15, 0.2) is 0 Å². The number of benzene rings is 1. The fraction of sp³-hybridized carbons (Fsp3) is 0.571. The van der Waals surface area contributed by atoms with E-state index in [9.17, 15) is 5.11 Å². The second-order valence-electron chi connectivity index (χ2n) is 5.52. The van der Waals surface area contributed by atoms with Crippen LogP contribution in [0.1, 0.15) is 18.4 Å². The van der Waals surface area contributed by atoms with Crippen LogP contribution >= 0.6 is 0 Å². The number of nitrogens with zero attached hydrogens (tertiary/aromatic N) is 1. The number of hydrogen-bond donors (Lipinski definition) is 1. The van der Waals surface area contributed by atoms with Gasteiger partial charge in [0, 0.05) is 24.3 Å². The lowest BCUT2D eigenvalue weighted by atomic mass is 9.83. The van der Waals surface area contributed by atoms with Crippen LogP contribution in [0.25, 0.3) is 0 Å². The third-order valence-electron chi connectivity index (χ3n) is 4.43. The molecular formula is C14H20NO+. The fourth-order valence-electron chi connectivity index (χ4n) is 3.44. The first kappa shape index (κ1) is 10.3. The normalized spacial score (nSPS) is 37.6. The standard InChI is InChI=1S/C14H20NO/c16-14-11-15(8-6-13(14)7-9-15)10-12-4-2-1-3-5-12/h1-5,13-14,16H,6-11H2/q+1/t13?,14-,15?/m0/s1. The molecule has 1 atom stereocenters. The molecule has 2 heteroatoms. The summed E-state index contributed by atoms with van der Waals surface area (Å²) in [6.07, 6.45) is 2.38. The van der Waals surface area contributed by atoms with E-state index < -0.39 is 0 Å². The van der Waals surface area contributed by atoms with Crippen molar-refractivity contribution in [1.82, 2.24) is 0 Å². The molecule has 3 aliphatic rings. The lowest BCUT2D eigenvalue weighted by Gasteiger charge is -2.51. The zero-order valence-corrected chi connectivity index (χ0v) is 9.68. The highest BCUT2D eigenvalue weighted by atomic mass is 16.3. The molecule has 86 valence electrons. The van der Waals surface area contributed by atoms with Gasteiger partial charge in [-0.2, -0.15) is 0 Å². The highest BCUT2D eigenvalue weighted by Gasteiger charge is 2.44. The fourth-order valence-corrected chi connectivity index (χ4v) is 3.44. The predicted octanol–water partition coefficient (Wildman–Crippen LogP) is 1.79. The predicted molar refractivity (Wildman–Crippen MR) is 63.7 cm³/mol. The quantitative estimate of drug-likeness (QED) is 0.750. The minimum absolute atomic E-state index is 0.0498. The Morgan fingerprint density at radius 1 is 1.12 bits per heavy atom. The van der Waals surface area contributed by atoms with Crippen LogP contribution in [-0.2, 0) is 6.54 Å². The first-order valence-electron chi connectivity index (χ1n) is 6.35. The molecule has 0 spiro atoms. The van der Waals surface area contributed by atoms with Crippen molar-refractivity contribution >= 4 is 0 Å². The van der Waals surface area contributed by atoms with Crippen LogP contribution in [0, 0.1) is 5.92 Å². The van der Waals surface area contributed by atoms with E-state index in [4.69, 9.17) is 0 Å². The van der Waals surface area contributed by atoms with Crippen molar-refractivity contribution in [2.45, 2.75) is 25.5 Å². The van der Waals surface area contributed by atoms with Crippen LogP contribution < -0.4 is 0 Å². The summed E-state index contributed by atoms with van der Waals surface area (Å²) in [5.41, 5.74) is 1.41. The lowest BCUT2D eigenvalue weighted by molar-refractivity contribution is -0.958. The second-order valence-corrected chi connectivity index (χ2v) is 5.52. The molecular weight excluding hydrogens is 198 g/mol. The number of piperidine rings is 3. The van der Waals surface area contributed by atoms with E-state index in [0.717, 1.165) is 17.6 Å². The molecule has 0 radical (unpaired) electrons. The molecule has 0 unspecified atom stereocenters. The van der Waals surface area contributed by atoms with Gasteiger partial charge in [-0.25, -0.2) is 0 Å².